The number of hydrogen-bond donors (Lipinski definition) is 1. The zero-order chi connectivity index (χ0) is 18.1. The van der Waals surface area contributed by atoms with Crippen molar-refractivity contribution >= 4 is 17.5 Å². The van der Waals surface area contributed by atoms with Gasteiger partial charge in [0.2, 0.25) is 0 Å². The van der Waals surface area contributed by atoms with Crippen LogP contribution in [0, 0.1) is 6.92 Å². The Morgan fingerprint density at radius 1 is 1.24 bits per heavy atom. The minimum atomic E-state index is -0.131. The number of benzene rings is 1. The lowest BCUT2D eigenvalue weighted by Crippen LogP contribution is -2.25. The van der Waals surface area contributed by atoms with Gasteiger partial charge in [-0.3, -0.25) is 9.48 Å². The minimum Gasteiger partial charge on any atom is -0.494 e. The fourth-order valence-corrected chi connectivity index (χ4v) is 2.77. The van der Waals surface area contributed by atoms with Gasteiger partial charge in [-0.1, -0.05) is 25.0 Å². The lowest BCUT2D eigenvalue weighted by atomic mass is 10.2. The number of halogens is 1. The van der Waals surface area contributed by atoms with Crippen molar-refractivity contribution in [3.8, 4) is 5.75 Å². The molecular formula is C19H26ClN3O2. The molecule has 0 bridgehead atoms. The summed E-state index contributed by atoms with van der Waals surface area (Å²) in [6.07, 6.45) is 4.36. The molecule has 1 aromatic carbocycles. The van der Waals surface area contributed by atoms with E-state index in [2.05, 4.69) is 10.4 Å². The van der Waals surface area contributed by atoms with Crippen LogP contribution in [0.2, 0.25) is 0 Å². The van der Waals surface area contributed by atoms with E-state index in [-0.39, 0.29) is 5.91 Å². The summed E-state index contributed by atoms with van der Waals surface area (Å²) in [6.45, 7) is 3.02. The second-order valence-electron chi connectivity index (χ2n) is 6.08. The van der Waals surface area contributed by atoms with Crippen LogP contribution in [0.5, 0.6) is 5.75 Å². The first-order valence-electron chi connectivity index (χ1n) is 8.66. The average molecular weight is 364 g/mol. The molecular weight excluding hydrogens is 338 g/mol. The van der Waals surface area contributed by atoms with Gasteiger partial charge in [0.05, 0.1) is 12.3 Å². The van der Waals surface area contributed by atoms with Crippen molar-refractivity contribution in [2.45, 2.75) is 39.2 Å². The fourth-order valence-electron chi connectivity index (χ4n) is 2.58. The maximum absolute atomic E-state index is 12.2. The fraction of sp³-hybridized carbons (Fsp3) is 0.474. The van der Waals surface area contributed by atoms with E-state index in [1.165, 1.54) is 0 Å². The lowest BCUT2D eigenvalue weighted by molar-refractivity contribution is 0.0941. The summed E-state index contributed by atoms with van der Waals surface area (Å²) in [5.41, 5.74) is 2.39. The molecule has 2 aromatic rings. The smallest absolute Gasteiger partial charge is 0.269 e. The van der Waals surface area contributed by atoms with Crippen molar-refractivity contribution in [3.05, 3.63) is 47.3 Å². The van der Waals surface area contributed by atoms with Crippen LogP contribution in [0.3, 0.4) is 0 Å². The Morgan fingerprint density at radius 3 is 2.76 bits per heavy atom. The molecule has 0 radical (unpaired) electrons. The molecule has 0 unspecified atom stereocenters. The van der Waals surface area contributed by atoms with E-state index in [9.17, 15) is 4.79 Å². The minimum absolute atomic E-state index is 0.131. The molecule has 6 heteroatoms. The van der Waals surface area contributed by atoms with Crippen LogP contribution >= 0.6 is 11.6 Å². The topological polar surface area (TPSA) is 56.1 Å². The van der Waals surface area contributed by atoms with Gasteiger partial charge in [-0.2, -0.15) is 5.10 Å². The summed E-state index contributed by atoms with van der Waals surface area (Å²) < 4.78 is 7.37. The number of ether oxygens (including phenoxy) is 1. The lowest BCUT2D eigenvalue weighted by Gasteiger charge is -2.09. The molecule has 1 amide bonds. The molecule has 1 heterocycles. The summed E-state index contributed by atoms with van der Waals surface area (Å²) in [7, 11) is 1.77. The Hall–Kier alpha value is -2.01. The Morgan fingerprint density at radius 2 is 2.04 bits per heavy atom. The van der Waals surface area contributed by atoms with E-state index >= 15 is 0 Å². The highest BCUT2D eigenvalue weighted by molar-refractivity contribution is 6.17. The molecule has 0 saturated carbocycles. The van der Waals surface area contributed by atoms with E-state index in [0.717, 1.165) is 48.6 Å². The quantitative estimate of drug-likeness (QED) is 0.515. The number of amides is 1. The molecule has 0 aliphatic heterocycles. The Labute approximate surface area is 154 Å². The molecule has 0 fully saturated rings. The zero-order valence-electron chi connectivity index (χ0n) is 14.9. The Kier molecular flexibility index (Phi) is 7.79. The van der Waals surface area contributed by atoms with Crippen LogP contribution in [0.25, 0.3) is 0 Å². The molecule has 1 aromatic heterocycles. The van der Waals surface area contributed by atoms with Crippen molar-refractivity contribution in [2.75, 3.05) is 12.5 Å². The van der Waals surface area contributed by atoms with E-state index in [1.54, 1.807) is 17.8 Å². The zero-order valence-corrected chi connectivity index (χ0v) is 15.7. The monoisotopic (exact) mass is 363 g/mol. The maximum Gasteiger partial charge on any atom is 0.269 e. The standard InChI is InChI=1S/C19H26ClN3O2/c1-15-12-18(23(2)22-15)19(24)21-14-16-8-7-9-17(13-16)25-11-6-4-3-5-10-20/h7-9,12-13H,3-6,10-11,14H2,1-2H3,(H,21,24). The predicted molar refractivity (Wildman–Crippen MR) is 100 cm³/mol. The van der Waals surface area contributed by atoms with Gasteiger partial charge in [-0.25, -0.2) is 0 Å². The molecule has 0 aliphatic rings. The predicted octanol–water partition coefficient (Wildman–Crippen LogP) is 3.84. The average Bonchev–Trinajstić information content (AvgIpc) is 2.94. The number of alkyl halides is 1. The second kappa shape index (κ2) is 10.1. The van der Waals surface area contributed by atoms with Crippen molar-refractivity contribution in [1.82, 2.24) is 15.1 Å². The van der Waals surface area contributed by atoms with Gasteiger partial charge in [0, 0.05) is 19.5 Å². The molecule has 5 nitrogen and oxygen atoms in total. The molecule has 25 heavy (non-hydrogen) atoms. The number of carbonyl (C=O) groups is 1. The highest BCUT2D eigenvalue weighted by Crippen LogP contribution is 2.14. The Balaban J connectivity index is 1.79. The highest BCUT2D eigenvalue weighted by Gasteiger charge is 2.11. The molecule has 0 saturated heterocycles. The van der Waals surface area contributed by atoms with E-state index in [4.69, 9.17) is 16.3 Å². The largest absolute Gasteiger partial charge is 0.494 e. The van der Waals surface area contributed by atoms with Crippen LogP contribution in [-0.2, 0) is 13.6 Å². The number of nitrogens with one attached hydrogen (secondary N) is 1. The van der Waals surface area contributed by atoms with Gasteiger partial charge in [0.1, 0.15) is 11.4 Å². The van der Waals surface area contributed by atoms with Gasteiger partial charge in [-0.05, 0) is 43.5 Å². The molecule has 0 spiro atoms. The third-order valence-electron chi connectivity index (χ3n) is 3.88. The van der Waals surface area contributed by atoms with Crippen LogP contribution < -0.4 is 10.1 Å². The van der Waals surface area contributed by atoms with Crippen LogP contribution in [0.4, 0.5) is 0 Å². The highest BCUT2D eigenvalue weighted by atomic mass is 35.5. The Bertz CT molecular complexity index is 685. The first kappa shape index (κ1) is 19.3. The van der Waals surface area contributed by atoms with Crippen LogP contribution in [0.1, 0.15) is 47.4 Å². The first-order valence-corrected chi connectivity index (χ1v) is 9.20. The van der Waals surface area contributed by atoms with Crippen LogP contribution in [-0.4, -0.2) is 28.2 Å². The first-order chi connectivity index (χ1) is 12.1. The van der Waals surface area contributed by atoms with E-state index in [1.807, 2.05) is 31.2 Å². The summed E-state index contributed by atoms with van der Waals surface area (Å²) in [4.78, 5) is 12.2. The van der Waals surface area contributed by atoms with E-state index < -0.39 is 0 Å². The van der Waals surface area contributed by atoms with Gasteiger partial charge in [0.25, 0.3) is 5.91 Å². The normalized spacial score (nSPS) is 10.7. The number of carbonyl (C=O) groups excluding carboxylic acids is 1. The molecule has 0 aliphatic carbocycles. The van der Waals surface area contributed by atoms with Gasteiger partial charge in [-0.15, -0.1) is 11.6 Å². The third-order valence-corrected chi connectivity index (χ3v) is 4.15. The second-order valence-corrected chi connectivity index (χ2v) is 6.45. The molecule has 1 N–H and O–H groups in total. The third kappa shape index (κ3) is 6.42. The SMILES string of the molecule is Cc1cc(C(=O)NCc2cccc(OCCCCCCCl)c2)n(C)n1. The van der Waals surface area contributed by atoms with Gasteiger partial charge >= 0.3 is 0 Å². The van der Waals surface area contributed by atoms with Crippen LogP contribution in [0.15, 0.2) is 30.3 Å². The number of hydrogen-bond acceptors (Lipinski definition) is 3. The number of nitrogens with zero attached hydrogens (tertiary/aromatic N) is 2. The number of unbranched alkanes of at least 4 members (excludes halogenated alkanes) is 3. The van der Waals surface area contributed by atoms with Crippen molar-refractivity contribution in [1.29, 1.82) is 0 Å². The van der Waals surface area contributed by atoms with Gasteiger partial charge in [0.15, 0.2) is 0 Å². The number of aryl methyl sites for hydroxylation is 2. The van der Waals surface area contributed by atoms with E-state index in [0.29, 0.717) is 18.8 Å². The van der Waals surface area contributed by atoms with Crippen molar-refractivity contribution in [2.24, 2.45) is 7.05 Å². The molecule has 136 valence electrons. The van der Waals surface area contributed by atoms with Crippen molar-refractivity contribution in [3.63, 3.8) is 0 Å². The van der Waals surface area contributed by atoms with Gasteiger partial charge < -0.3 is 10.1 Å². The number of rotatable bonds is 10. The molecule has 0 atom stereocenters. The summed E-state index contributed by atoms with van der Waals surface area (Å²) in [5.74, 6) is 1.43. The molecule has 2 rings (SSSR count). The summed E-state index contributed by atoms with van der Waals surface area (Å²) >= 11 is 5.66. The summed E-state index contributed by atoms with van der Waals surface area (Å²) in [5, 5.41) is 7.11. The van der Waals surface area contributed by atoms with Crippen molar-refractivity contribution < 1.29 is 9.53 Å². The number of aromatic nitrogens is 2. The summed E-state index contributed by atoms with van der Waals surface area (Å²) in [6, 6.07) is 9.60. The maximum atomic E-state index is 12.2.